The number of hydrogen-bond acceptors (Lipinski definition) is 0. The molecule has 0 fully saturated rings. The van der Waals surface area contributed by atoms with Gasteiger partial charge in [0, 0.05) is 4.48 Å². The van der Waals surface area contributed by atoms with E-state index in [2.05, 4.69) is 34.2 Å². The smallest absolute Gasteiger partial charge is 0.0132 e. The van der Waals surface area contributed by atoms with E-state index < -0.39 is 0 Å². The highest BCUT2D eigenvalue weighted by molar-refractivity contribution is 9.11. The van der Waals surface area contributed by atoms with E-state index in [0.717, 1.165) is 0 Å². The molecule has 0 heterocycles. The molecule has 9 heavy (non-hydrogen) atoms. The second-order valence-electron chi connectivity index (χ2n) is 2.28. The highest BCUT2D eigenvalue weighted by Crippen LogP contribution is 2.14. The summed E-state index contributed by atoms with van der Waals surface area (Å²) in [5, 5.41) is 0. The summed E-state index contributed by atoms with van der Waals surface area (Å²) in [7, 11) is 0. The zero-order valence-electron chi connectivity index (χ0n) is 5.44. The van der Waals surface area contributed by atoms with Crippen molar-refractivity contribution < 1.29 is 0 Å². The van der Waals surface area contributed by atoms with Crippen molar-refractivity contribution in [3.63, 3.8) is 0 Å². The van der Waals surface area contributed by atoms with E-state index in [4.69, 9.17) is 0 Å². The van der Waals surface area contributed by atoms with Crippen LogP contribution in [0.5, 0.6) is 0 Å². The van der Waals surface area contributed by atoms with Crippen molar-refractivity contribution in [3.05, 3.63) is 22.7 Å². The molecule has 0 unspecified atom stereocenters. The molecule has 1 heteroatoms. The number of allylic oxidation sites excluding steroid dienone is 4. The van der Waals surface area contributed by atoms with Crippen molar-refractivity contribution in [3.8, 4) is 0 Å². The van der Waals surface area contributed by atoms with Gasteiger partial charge < -0.3 is 0 Å². The summed E-state index contributed by atoms with van der Waals surface area (Å²) in [5.41, 5.74) is 0. The summed E-state index contributed by atoms with van der Waals surface area (Å²) < 4.78 is 1.24. The minimum atomic E-state index is 1.23. The maximum absolute atomic E-state index is 3.45. The van der Waals surface area contributed by atoms with Crippen LogP contribution in [0, 0.1) is 0 Å². The van der Waals surface area contributed by atoms with Gasteiger partial charge in [-0.2, -0.15) is 0 Å². The van der Waals surface area contributed by atoms with Gasteiger partial charge in [0.1, 0.15) is 0 Å². The third kappa shape index (κ3) is 2.85. The van der Waals surface area contributed by atoms with Gasteiger partial charge in [-0.25, -0.2) is 0 Å². The first kappa shape index (κ1) is 7.07. The highest BCUT2D eigenvalue weighted by Gasteiger charge is 1.90. The van der Waals surface area contributed by atoms with Gasteiger partial charge >= 0.3 is 0 Å². The second-order valence-corrected chi connectivity index (χ2v) is 3.19. The van der Waals surface area contributed by atoms with Crippen LogP contribution in [-0.4, -0.2) is 0 Å². The van der Waals surface area contributed by atoms with Gasteiger partial charge in [-0.1, -0.05) is 34.2 Å². The quantitative estimate of drug-likeness (QED) is 0.545. The fraction of sp³-hybridized carbons (Fsp3) is 0.500. The Hall–Kier alpha value is -0.0400. The SMILES string of the molecule is BrC1=CCCCCC=C1. The Labute approximate surface area is 64.8 Å². The van der Waals surface area contributed by atoms with Crippen LogP contribution in [-0.2, 0) is 0 Å². The normalized spacial score (nSPS) is 20.3. The lowest BCUT2D eigenvalue weighted by atomic mass is 10.1. The van der Waals surface area contributed by atoms with E-state index in [0.29, 0.717) is 0 Å². The lowest BCUT2D eigenvalue weighted by molar-refractivity contribution is 0.758. The summed E-state index contributed by atoms with van der Waals surface area (Å²) in [5.74, 6) is 0. The Morgan fingerprint density at radius 2 is 2.00 bits per heavy atom. The molecule has 0 N–H and O–H groups in total. The van der Waals surface area contributed by atoms with Crippen molar-refractivity contribution in [1.29, 1.82) is 0 Å². The summed E-state index contributed by atoms with van der Waals surface area (Å²) in [6.45, 7) is 0. The largest absolute Gasteiger partial charge is 0.0834 e. The van der Waals surface area contributed by atoms with Crippen LogP contribution < -0.4 is 0 Å². The van der Waals surface area contributed by atoms with E-state index in [1.807, 2.05) is 0 Å². The molecule has 0 spiro atoms. The molecule has 0 saturated heterocycles. The number of hydrogen-bond donors (Lipinski definition) is 0. The molecule has 0 nitrogen and oxygen atoms in total. The molecule has 0 atom stereocenters. The Morgan fingerprint density at radius 1 is 1.22 bits per heavy atom. The summed E-state index contributed by atoms with van der Waals surface area (Å²) >= 11 is 3.45. The molecule has 1 aliphatic carbocycles. The van der Waals surface area contributed by atoms with Gasteiger partial charge in [-0.15, -0.1) is 0 Å². The molecule has 0 saturated carbocycles. The zero-order chi connectivity index (χ0) is 6.53. The third-order valence-electron chi connectivity index (χ3n) is 1.44. The Morgan fingerprint density at radius 3 is 2.89 bits per heavy atom. The van der Waals surface area contributed by atoms with Crippen molar-refractivity contribution >= 4 is 15.9 Å². The minimum absolute atomic E-state index is 1.23. The fourth-order valence-corrected chi connectivity index (χ4v) is 1.33. The van der Waals surface area contributed by atoms with Crippen LogP contribution >= 0.6 is 15.9 Å². The van der Waals surface area contributed by atoms with E-state index in [1.165, 1.54) is 30.2 Å². The first-order valence-corrected chi connectivity index (χ1v) is 4.21. The fourth-order valence-electron chi connectivity index (χ4n) is 0.910. The van der Waals surface area contributed by atoms with Crippen molar-refractivity contribution in [2.24, 2.45) is 0 Å². The lowest BCUT2D eigenvalue weighted by Gasteiger charge is -1.98. The molecule has 0 aromatic carbocycles. The topological polar surface area (TPSA) is 0 Å². The molecule has 50 valence electrons. The average Bonchev–Trinajstić information content (AvgIpc) is 1.79. The van der Waals surface area contributed by atoms with Crippen LogP contribution in [0.2, 0.25) is 0 Å². The summed E-state index contributed by atoms with van der Waals surface area (Å²) in [6, 6.07) is 0. The van der Waals surface area contributed by atoms with Gasteiger partial charge in [0.05, 0.1) is 0 Å². The van der Waals surface area contributed by atoms with Gasteiger partial charge in [-0.3, -0.25) is 0 Å². The molecular weight excluding hydrogens is 176 g/mol. The molecule has 0 aromatic rings. The van der Waals surface area contributed by atoms with Gasteiger partial charge in [0.2, 0.25) is 0 Å². The maximum Gasteiger partial charge on any atom is 0.0132 e. The first-order chi connectivity index (χ1) is 4.39. The monoisotopic (exact) mass is 186 g/mol. The summed E-state index contributed by atoms with van der Waals surface area (Å²) in [4.78, 5) is 0. The van der Waals surface area contributed by atoms with E-state index >= 15 is 0 Å². The van der Waals surface area contributed by atoms with E-state index in [1.54, 1.807) is 0 Å². The van der Waals surface area contributed by atoms with Crippen molar-refractivity contribution in [2.45, 2.75) is 25.7 Å². The second kappa shape index (κ2) is 3.89. The maximum atomic E-state index is 3.45. The molecule has 1 rings (SSSR count). The Kier molecular flexibility index (Phi) is 3.05. The molecular formula is C8H11Br. The van der Waals surface area contributed by atoms with E-state index in [-0.39, 0.29) is 0 Å². The number of halogens is 1. The molecule has 0 aliphatic heterocycles. The van der Waals surface area contributed by atoms with Crippen molar-refractivity contribution in [1.82, 2.24) is 0 Å². The molecule has 0 bridgehead atoms. The highest BCUT2D eigenvalue weighted by atomic mass is 79.9. The van der Waals surface area contributed by atoms with Crippen LogP contribution in [0.25, 0.3) is 0 Å². The van der Waals surface area contributed by atoms with Gasteiger partial charge in [0.15, 0.2) is 0 Å². The van der Waals surface area contributed by atoms with Gasteiger partial charge in [0.25, 0.3) is 0 Å². The standard InChI is InChI=1S/C8H11Br/c9-8-6-4-2-1-3-5-7-8/h4,6-7H,1-3,5H2. The molecule has 0 aromatic heterocycles. The Balaban J connectivity index is 2.49. The molecule has 0 amide bonds. The lowest BCUT2D eigenvalue weighted by Crippen LogP contribution is -1.77. The van der Waals surface area contributed by atoms with Crippen LogP contribution in [0.1, 0.15) is 25.7 Å². The number of rotatable bonds is 0. The Bertz CT molecular complexity index is 134. The first-order valence-electron chi connectivity index (χ1n) is 3.42. The third-order valence-corrected chi connectivity index (χ3v) is 2.03. The van der Waals surface area contributed by atoms with Crippen LogP contribution in [0.3, 0.4) is 0 Å². The average molecular weight is 187 g/mol. The van der Waals surface area contributed by atoms with Crippen LogP contribution in [0.4, 0.5) is 0 Å². The van der Waals surface area contributed by atoms with Crippen molar-refractivity contribution in [2.75, 3.05) is 0 Å². The predicted molar refractivity (Wildman–Crippen MR) is 44.6 cm³/mol. The van der Waals surface area contributed by atoms with E-state index in [9.17, 15) is 0 Å². The zero-order valence-corrected chi connectivity index (χ0v) is 7.02. The van der Waals surface area contributed by atoms with Crippen LogP contribution in [0.15, 0.2) is 22.7 Å². The minimum Gasteiger partial charge on any atom is -0.0834 e. The van der Waals surface area contributed by atoms with Gasteiger partial charge in [-0.05, 0) is 25.7 Å². The predicted octanol–water partition coefficient (Wildman–Crippen LogP) is 3.40. The summed E-state index contributed by atoms with van der Waals surface area (Å²) in [6.07, 6.45) is 11.7. The molecule has 0 radical (unpaired) electrons. The molecule has 1 aliphatic rings.